The van der Waals surface area contributed by atoms with E-state index in [9.17, 15) is 4.79 Å². The van der Waals surface area contributed by atoms with Crippen LogP contribution in [0.2, 0.25) is 0 Å². The maximum absolute atomic E-state index is 12.3. The lowest BCUT2D eigenvalue weighted by Crippen LogP contribution is -2.36. The summed E-state index contributed by atoms with van der Waals surface area (Å²) in [6.45, 7) is 5.79. The zero-order valence-corrected chi connectivity index (χ0v) is 13.3. The van der Waals surface area contributed by atoms with Crippen LogP contribution >= 0.6 is 0 Å². The van der Waals surface area contributed by atoms with Crippen LogP contribution in [0.4, 0.5) is 0 Å². The van der Waals surface area contributed by atoms with Gasteiger partial charge in [0.15, 0.2) is 5.43 Å². The third-order valence-electron chi connectivity index (χ3n) is 4.61. The number of aryl methyl sites for hydroxylation is 1. The largest absolute Gasteiger partial charge is 0.357 e. The van der Waals surface area contributed by atoms with Crippen molar-refractivity contribution in [1.82, 2.24) is 9.88 Å². The summed E-state index contributed by atoms with van der Waals surface area (Å²) in [6, 6.07) is 7.76. The van der Waals surface area contributed by atoms with Crippen LogP contribution in [0.3, 0.4) is 0 Å². The minimum absolute atomic E-state index is 0.114. The number of nitrogens with zero attached hydrogens (tertiary/aromatic N) is 1. The van der Waals surface area contributed by atoms with Crippen LogP contribution in [0.1, 0.15) is 30.5 Å². The highest BCUT2D eigenvalue weighted by atomic mass is 16.1. The van der Waals surface area contributed by atoms with Crippen LogP contribution < -0.4 is 11.2 Å². The summed E-state index contributed by atoms with van der Waals surface area (Å²) >= 11 is 0. The zero-order valence-electron chi connectivity index (χ0n) is 13.3. The van der Waals surface area contributed by atoms with E-state index in [4.69, 9.17) is 5.73 Å². The third-order valence-corrected chi connectivity index (χ3v) is 4.61. The Morgan fingerprint density at radius 1 is 1.36 bits per heavy atom. The fraction of sp³-hybridized carbons (Fsp3) is 0.500. The first-order valence-corrected chi connectivity index (χ1v) is 8.20. The molecule has 1 aromatic carbocycles. The van der Waals surface area contributed by atoms with Crippen molar-refractivity contribution in [2.24, 2.45) is 11.7 Å². The van der Waals surface area contributed by atoms with Crippen LogP contribution in [-0.4, -0.2) is 29.5 Å². The summed E-state index contributed by atoms with van der Waals surface area (Å²) in [6.07, 6.45) is 3.60. The molecule has 1 aromatic heterocycles. The maximum atomic E-state index is 12.3. The molecular weight excluding hydrogens is 274 g/mol. The molecule has 1 unspecified atom stereocenters. The van der Waals surface area contributed by atoms with Crippen LogP contribution in [0.25, 0.3) is 10.9 Å². The number of aromatic amines is 1. The molecule has 2 heterocycles. The molecule has 1 aliphatic heterocycles. The van der Waals surface area contributed by atoms with E-state index in [1.54, 1.807) is 6.07 Å². The van der Waals surface area contributed by atoms with Crippen LogP contribution in [-0.2, 0) is 6.54 Å². The van der Waals surface area contributed by atoms with Crippen molar-refractivity contribution in [2.75, 3.05) is 19.6 Å². The molecule has 0 amide bonds. The molecule has 3 N–H and O–H groups in total. The second-order valence-electron chi connectivity index (χ2n) is 6.53. The molecule has 22 heavy (non-hydrogen) atoms. The summed E-state index contributed by atoms with van der Waals surface area (Å²) in [5, 5.41) is 0.781. The Morgan fingerprint density at radius 3 is 3.05 bits per heavy atom. The SMILES string of the molecule is Cc1ccc2[nH]c(CN3CCCC(CCN)C3)cc(=O)c2c1. The first-order chi connectivity index (χ1) is 10.7. The smallest absolute Gasteiger partial charge is 0.189 e. The van der Waals surface area contributed by atoms with Crippen molar-refractivity contribution in [3.05, 3.63) is 45.7 Å². The fourth-order valence-electron chi connectivity index (χ4n) is 3.51. The normalized spacial score (nSPS) is 19.6. The number of fused-ring (bicyclic) bond motifs is 1. The molecule has 0 spiro atoms. The van der Waals surface area contributed by atoms with E-state index in [-0.39, 0.29) is 5.43 Å². The molecule has 0 aliphatic carbocycles. The monoisotopic (exact) mass is 299 g/mol. The minimum Gasteiger partial charge on any atom is -0.357 e. The molecule has 0 saturated carbocycles. The lowest BCUT2D eigenvalue weighted by atomic mass is 9.95. The first-order valence-electron chi connectivity index (χ1n) is 8.20. The fourth-order valence-corrected chi connectivity index (χ4v) is 3.51. The topological polar surface area (TPSA) is 62.1 Å². The van der Waals surface area contributed by atoms with Crippen LogP contribution in [0.5, 0.6) is 0 Å². The van der Waals surface area contributed by atoms with E-state index < -0.39 is 0 Å². The molecule has 1 atom stereocenters. The van der Waals surface area contributed by atoms with Crippen molar-refractivity contribution in [3.8, 4) is 0 Å². The Labute approximate surface area is 131 Å². The van der Waals surface area contributed by atoms with Crippen molar-refractivity contribution >= 4 is 10.9 Å². The van der Waals surface area contributed by atoms with Gasteiger partial charge in [-0.3, -0.25) is 9.69 Å². The van der Waals surface area contributed by atoms with Crippen molar-refractivity contribution in [3.63, 3.8) is 0 Å². The Bertz CT molecular complexity index is 705. The predicted molar refractivity (Wildman–Crippen MR) is 91.0 cm³/mol. The number of nitrogens with one attached hydrogen (secondary N) is 1. The maximum Gasteiger partial charge on any atom is 0.189 e. The molecule has 0 bridgehead atoms. The number of likely N-dealkylation sites (tertiary alicyclic amines) is 1. The van der Waals surface area contributed by atoms with Gasteiger partial charge in [0.25, 0.3) is 0 Å². The molecule has 1 fully saturated rings. The molecule has 1 saturated heterocycles. The van der Waals surface area contributed by atoms with Crippen molar-refractivity contribution in [2.45, 2.75) is 32.7 Å². The number of hydrogen-bond acceptors (Lipinski definition) is 3. The van der Waals surface area contributed by atoms with Crippen molar-refractivity contribution < 1.29 is 0 Å². The minimum atomic E-state index is 0.114. The van der Waals surface area contributed by atoms with Gasteiger partial charge in [-0.15, -0.1) is 0 Å². The number of rotatable bonds is 4. The van der Waals surface area contributed by atoms with Gasteiger partial charge in [0.2, 0.25) is 0 Å². The Morgan fingerprint density at radius 2 is 2.23 bits per heavy atom. The molecule has 4 nitrogen and oxygen atoms in total. The summed E-state index contributed by atoms with van der Waals surface area (Å²) < 4.78 is 0. The summed E-state index contributed by atoms with van der Waals surface area (Å²) in [4.78, 5) is 18.2. The van der Waals surface area contributed by atoms with E-state index in [1.165, 1.54) is 12.8 Å². The second-order valence-corrected chi connectivity index (χ2v) is 6.53. The molecule has 0 radical (unpaired) electrons. The summed E-state index contributed by atoms with van der Waals surface area (Å²) in [7, 11) is 0. The quantitative estimate of drug-likeness (QED) is 0.911. The number of nitrogens with two attached hydrogens (primary N) is 1. The molecule has 1 aliphatic rings. The molecule has 118 valence electrons. The third kappa shape index (κ3) is 3.39. The van der Waals surface area contributed by atoms with Crippen LogP contribution in [0.15, 0.2) is 29.1 Å². The van der Waals surface area contributed by atoms with E-state index in [0.717, 1.165) is 54.8 Å². The highest BCUT2D eigenvalue weighted by Gasteiger charge is 2.19. The second kappa shape index (κ2) is 6.63. The van der Waals surface area contributed by atoms with Gasteiger partial charge >= 0.3 is 0 Å². The number of piperidine rings is 1. The van der Waals surface area contributed by atoms with Gasteiger partial charge in [0.05, 0.1) is 0 Å². The highest BCUT2D eigenvalue weighted by Crippen LogP contribution is 2.20. The Kier molecular flexibility index (Phi) is 4.60. The first kappa shape index (κ1) is 15.3. The number of pyridine rings is 1. The highest BCUT2D eigenvalue weighted by molar-refractivity contribution is 5.79. The van der Waals surface area contributed by atoms with Gasteiger partial charge in [-0.1, -0.05) is 11.6 Å². The molecule has 3 rings (SSSR count). The zero-order chi connectivity index (χ0) is 15.5. The lowest BCUT2D eigenvalue weighted by Gasteiger charge is -2.32. The number of aromatic nitrogens is 1. The van der Waals surface area contributed by atoms with Crippen LogP contribution in [0, 0.1) is 12.8 Å². The molecule has 2 aromatic rings. The van der Waals surface area contributed by atoms with Crippen molar-refractivity contribution in [1.29, 1.82) is 0 Å². The lowest BCUT2D eigenvalue weighted by molar-refractivity contribution is 0.161. The average molecular weight is 299 g/mol. The van der Waals surface area contributed by atoms with Gasteiger partial charge in [-0.25, -0.2) is 0 Å². The van der Waals surface area contributed by atoms with Gasteiger partial charge in [0.1, 0.15) is 0 Å². The Hall–Kier alpha value is -1.65. The predicted octanol–water partition coefficient (Wildman–Crippen LogP) is 2.40. The molecular formula is C18H25N3O. The van der Waals surface area contributed by atoms with Gasteiger partial charge in [-0.2, -0.15) is 0 Å². The summed E-state index contributed by atoms with van der Waals surface area (Å²) in [5.74, 6) is 0.702. The number of hydrogen-bond donors (Lipinski definition) is 2. The Balaban J connectivity index is 1.79. The molecule has 4 heteroatoms. The number of benzene rings is 1. The average Bonchev–Trinajstić information content (AvgIpc) is 2.49. The van der Waals surface area contributed by atoms with Gasteiger partial charge in [0, 0.05) is 35.8 Å². The van der Waals surface area contributed by atoms with Gasteiger partial charge < -0.3 is 10.7 Å². The van der Waals surface area contributed by atoms with E-state index in [2.05, 4.69) is 9.88 Å². The van der Waals surface area contributed by atoms with E-state index in [1.807, 2.05) is 25.1 Å². The number of H-pyrrole nitrogens is 1. The summed E-state index contributed by atoms with van der Waals surface area (Å²) in [5.41, 5.74) is 8.86. The van der Waals surface area contributed by atoms with E-state index >= 15 is 0 Å². The van der Waals surface area contributed by atoms with Gasteiger partial charge in [-0.05, 0) is 57.3 Å². The standard InChI is InChI=1S/C18H25N3O/c1-13-4-5-17-16(9-13)18(22)10-15(20-17)12-21-8-2-3-14(11-21)6-7-19/h4-5,9-10,14H,2-3,6-8,11-12,19H2,1H3,(H,20,22). The van der Waals surface area contributed by atoms with E-state index in [0.29, 0.717) is 5.92 Å².